The first-order valence-electron chi connectivity index (χ1n) is 11.4. The number of carbonyl (C=O) groups is 1. The summed E-state index contributed by atoms with van der Waals surface area (Å²) in [5, 5.41) is 3.41. The molecule has 8 heteroatoms. The third kappa shape index (κ3) is 5.70. The van der Waals surface area contributed by atoms with E-state index in [0.717, 1.165) is 49.7 Å². The van der Waals surface area contributed by atoms with Gasteiger partial charge in [-0.1, -0.05) is 12.1 Å². The van der Waals surface area contributed by atoms with Gasteiger partial charge in [-0.05, 0) is 43.4 Å². The summed E-state index contributed by atoms with van der Waals surface area (Å²) < 4.78 is 0. The van der Waals surface area contributed by atoms with Gasteiger partial charge in [0.05, 0.1) is 30.8 Å². The van der Waals surface area contributed by atoms with Crippen LogP contribution in [0.5, 0.6) is 0 Å². The molecule has 3 heterocycles. The quantitative estimate of drug-likeness (QED) is 0.676. The van der Waals surface area contributed by atoms with Crippen molar-refractivity contribution in [1.29, 1.82) is 0 Å². The molecule has 3 aliphatic rings. The van der Waals surface area contributed by atoms with Crippen LogP contribution in [0, 0.1) is 0 Å². The summed E-state index contributed by atoms with van der Waals surface area (Å²) in [5.41, 5.74) is 5.36. The van der Waals surface area contributed by atoms with Gasteiger partial charge in [-0.25, -0.2) is 4.99 Å². The smallest absolute Gasteiger partial charge is 0.241 e. The van der Waals surface area contributed by atoms with Gasteiger partial charge >= 0.3 is 0 Å². The molecule has 1 amide bonds. The van der Waals surface area contributed by atoms with Crippen molar-refractivity contribution >= 4 is 30.2 Å². The van der Waals surface area contributed by atoms with Crippen LogP contribution in [0.1, 0.15) is 23.6 Å². The highest BCUT2D eigenvalue weighted by molar-refractivity contribution is 5.82. The van der Waals surface area contributed by atoms with E-state index in [4.69, 9.17) is 4.99 Å². The van der Waals surface area contributed by atoms with Crippen LogP contribution in [0.4, 0.5) is 0 Å². The molecule has 1 N–H and O–H groups in total. The van der Waals surface area contributed by atoms with Crippen LogP contribution in [0.2, 0.25) is 0 Å². The van der Waals surface area contributed by atoms with Gasteiger partial charge < -0.3 is 24.9 Å². The second-order valence-electron chi connectivity index (χ2n) is 8.63. The highest BCUT2D eigenvalue weighted by atomic mass is 16.2. The monoisotopic (exact) mass is 447 g/mol. The number of rotatable bonds is 6. The first kappa shape index (κ1) is 22.8. The van der Waals surface area contributed by atoms with Gasteiger partial charge in [-0.3, -0.25) is 9.79 Å². The van der Waals surface area contributed by atoms with Crippen molar-refractivity contribution in [3.63, 3.8) is 0 Å². The largest absolute Gasteiger partial charge is 0.376 e. The third-order valence-electron chi connectivity index (χ3n) is 6.11. The molecule has 3 aliphatic heterocycles. The normalized spacial score (nSPS) is 19.2. The van der Waals surface area contributed by atoms with E-state index in [2.05, 4.69) is 64.7 Å². The highest BCUT2D eigenvalue weighted by Gasteiger charge is 2.21. The van der Waals surface area contributed by atoms with Gasteiger partial charge in [0.1, 0.15) is 0 Å². The molecule has 33 heavy (non-hydrogen) atoms. The van der Waals surface area contributed by atoms with Crippen molar-refractivity contribution < 1.29 is 4.79 Å². The topological polar surface area (TPSA) is 66.8 Å². The molecule has 0 unspecified atom stereocenters. The molecule has 0 aromatic heterocycles. The van der Waals surface area contributed by atoms with E-state index >= 15 is 0 Å². The number of hydrogen-bond acceptors (Lipinski definition) is 7. The van der Waals surface area contributed by atoms with E-state index in [1.54, 1.807) is 12.4 Å². The lowest BCUT2D eigenvalue weighted by molar-refractivity contribution is -0.131. The fourth-order valence-electron chi connectivity index (χ4n) is 4.12. The number of piperazine rings is 1. The number of fused-ring (bicyclic) bond motifs is 1. The van der Waals surface area contributed by atoms with Crippen LogP contribution in [-0.4, -0.2) is 91.4 Å². The van der Waals surface area contributed by atoms with Crippen LogP contribution in [0.15, 0.2) is 52.5 Å². The highest BCUT2D eigenvalue weighted by Crippen LogP contribution is 2.27. The molecule has 0 saturated carbocycles. The molecule has 1 aromatic rings. The Labute approximate surface area is 196 Å². The third-order valence-corrected chi connectivity index (χ3v) is 6.11. The van der Waals surface area contributed by atoms with Gasteiger partial charge in [0.2, 0.25) is 5.91 Å². The Morgan fingerprint density at radius 2 is 2.00 bits per heavy atom. The molecule has 8 nitrogen and oxygen atoms in total. The molecule has 1 fully saturated rings. The molecule has 0 bridgehead atoms. The summed E-state index contributed by atoms with van der Waals surface area (Å²) in [6.07, 6.45) is 11.4. The van der Waals surface area contributed by atoms with Crippen molar-refractivity contribution in [2.24, 2.45) is 9.98 Å². The Kier molecular flexibility index (Phi) is 7.24. The van der Waals surface area contributed by atoms with Gasteiger partial charge in [0, 0.05) is 63.9 Å². The molecule has 1 aromatic carbocycles. The average Bonchev–Trinajstić information content (AvgIpc) is 2.83. The molecule has 0 radical (unpaired) electrons. The number of aliphatic imine (C=N–C) groups is 2. The number of benzene rings is 1. The summed E-state index contributed by atoms with van der Waals surface area (Å²) in [6, 6.07) is 6.47. The Hall–Kier alpha value is -3.39. The Bertz CT molecular complexity index is 1020. The summed E-state index contributed by atoms with van der Waals surface area (Å²) >= 11 is 0. The lowest BCUT2D eigenvalue weighted by atomic mass is 9.99. The Morgan fingerprint density at radius 1 is 1.18 bits per heavy atom. The minimum atomic E-state index is 0.124. The maximum atomic E-state index is 12.8. The maximum Gasteiger partial charge on any atom is 0.241 e. The van der Waals surface area contributed by atoms with Crippen LogP contribution in [-0.2, 0) is 11.3 Å². The van der Waals surface area contributed by atoms with Crippen molar-refractivity contribution in [2.75, 3.05) is 53.4 Å². The van der Waals surface area contributed by atoms with Crippen LogP contribution < -0.4 is 5.32 Å². The standard InChI is InChI=1S/C25H33N7O/c1-4-26-8-10-31-18-23(27-16-24(33)32-13-11-29(2)12-14-32)25(28-19-31)21-5-6-22-17-30(3)9-7-20(22)15-21/h4-10,15,19,27H,11-14,16-18H2,1-3H3/b10-8-,26-4?. The van der Waals surface area contributed by atoms with Crippen molar-refractivity contribution in [3.05, 3.63) is 59.2 Å². The van der Waals surface area contributed by atoms with E-state index < -0.39 is 0 Å². The van der Waals surface area contributed by atoms with Crippen LogP contribution in [0.3, 0.4) is 0 Å². The van der Waals surface area contributed by atoms with Crippen LogP contribution >= 0.6 is 0 Å². The number of likely N-dealkylation sites (N-methyl/N-ethyl adjacent to an activating group) is 1. The second-order valence-corrected chi connectivity index (χ2v) is 8.63. The van der Waals surface area contributed by atoms with Gasteiger partial charge in [-0.2, -0.15) is 0 Å². The number of carbonyl (C=O) groups excluding carboxylic acids is 1. The molecule has 0 spiro atoms. The predicted octanol–water partition coefficient (Wildman–Crippen LogP) is 2.04. The summed E-state index contributed by atoms with van der Waals surface area (Å²) in [7, 11) is 4.17. The SMILES string of the molecule is CC=N/C=C\N1C=NC(c2ccc3c(c2)C=CN(C)C3)=C(NCC(=O)N2CCN(C)CC2)C1. The summed E-state index contributed by atoms with van der Waals surface area (Å²) in [5.74, 6) is 0.124. The van der Waals surface area contributed by atoms with Crippen molar-refractivity contribution in [1.82, 2.24) is 24.9 Å². The number of amides is 1. The van der Waals surface area contributed by atoms with E-state index in [9.17, 15) is 4.79 Å². The number of nitrogens with zero attached hydrogens (tertiary/aromatic N) is 6. The fraction of sp³-hybridized carbons (Fsp3) is 0.400. The van der Waals surface area contributed by atoms with Gasteiger partial charge in [0.15, 0.2) is 0 Å². The fourth-order valence-corrected chi connectivity index (χ4v) is 4.12. The molecule has 174 valence electrons. The van der Waals surface area contributed by atoms with Crippen molar-refractivity contribution in [3.8, 4) is 0 Å². The maximum absolute atomic E-state index is 12.8. The molecular formula is C25H33N7O. The molecular weight excluding hydrogens is 414 g/mol. The predicted molar refractivity (Wildman–Crippen MR) is 134 cm³/mol. The lowest BCUT2D eigenvalue weighted by Crippen LogP contribution is -2.49. The molecule has 0 atom stereocenters. The summed E-state index contributed by atoms with van der Waals surface area (Å²) in [4.78, 5) is 30.0. The van der Waals surface area contributed by atoms with E-state index in [0.29, 0.717) is 6.54 Å². The summed E-state index contributed by atoms with van der Waals surface area (Å²) in [6.45, 7) is 7.02. The zero-order valence-electron chi connectivity index (χ0n) is 19.7. The van der Waals surface area contributed by atoms with E-state index in [1.165, 1.54) is 11.1 Å². The minimum absolute atomic E-state index is 0.124. The first-order chi connectivity index (χ1) is 16.0. The molecule has 1 saturated heterocycles. The molecule has 4 rings (SSSR count). The Balaban J connectivity index is 1.54. The van der Waals surface area contributed by atoms with Gasteiger partial charge in [0.25, 0.3) is 0 Å². The van der Waals surface area contributed by atoms with E-state index in [-0.39, 0.29) is 12.5 Å². The van der Waals surface area contributed by atoms with Gasteiger partial charge in [-0.15, -0.1) is 0 Å². The second kappa shape index (κ2) is 10.5. The molecule has 0 aliphatic carbocycles. The van der Waals surface area contributed by atoms with Crippen LogP contribution in [0.25, 0.3) is 11.8 Å². The zero-order valence-corrected chi connectivity index (χ0v) is 19.7. The Morgan fingerprint density at radius 3 is 2.79 bits per heavy atom. The minimum Gasteiger partial charge on any atom is -0.376 e. The van der Waals surface area contributed by atoms with Crippen molar-refractivity contribution in [2.45, 2.75) is 13.5 Å². The van der Waals surface area contributed by atoms with E-state index in [1.807, 2.05) is 29.3 Å². The average molecular weight is 448 g/mol. The zero-order chi connectivity index (χ0) is 23.2. The number of nitrogens with one attached hydrogen (secondary N) is 1. The first-order valence-corrected chi connectivity index (χ1v) is 11.4. The lowest BCUT2D eigenvalue weighted by Gasteiger charge is -2.33. The number of hydrogen-bond donors (Lipinski definition) is 1.